The summed E-state index contributed by atoms with van der Waals surface area (Å²) < 4.78 is 21.6. The van der Waals surface area contributed by atoms with Gasteiger partial charge in [-0.05, 0) is 54.1 Å². The molecule has 188 valence electrons. The number of ether oxygens (including phenoxy) is 4. The Morgan fingerprint density at radius 2 is 1.43 bits per heavy atom. The first-order chi connectivity index (χ1) is 17.9. The van der Waals surface area contributed by atoms with Gasteiger partial charge in [0.25, 0.3) is 11.7 Å². The zero-order chi connectivity index (χ0) is 26.7. The number of methoxy groups -OCH3 is 4. The standard InChI is InChI=1S/C28H24N2O7/c1-34-19-13-10-17(14-22(19)37-4)25-24(26(31)23-20(35-2)6-5-7-21(23)36-3)27(32)28(33)30(25)18-11-8-16(15-29)9-12-18/h5-14,25,31H,1-4H3/b26-24+. The number of hydrogen-bond acceptors (Lipinski definition) is 8. The number of carbonyl (C=O) groups is 2. The second-order valence-corrected chi connectivity index (χ2v) is 7.98. The number of benzene rings is 3. The maximum Gasteiger partial charge on any atom is 0.300 e. The highest BCUT2D eigenvalue weighted by molar-refractivity contribution is 6.51. The molecule has 1 fully saturated rings. The Hall–Kier alpha value is -4.97. The van der Waals surface area contributed by atoms with E-state index in [1.165, 1.54) is 33.3 Å². The summed E-state index contributed by atoms with van der Waals surface area (Å²) >= 11 is 0. The largest absolute Gasteiger partial charge is 0.506 e. The third kappa shape index (κ3) is 4.29. The fourth-order valence-electron chi connectivity index (χ4n) is 4.35. The van der Waals surface area contributed by atoms with Crippen LogP contribution in [0.25, 0.3) is 5.76 Å². The summed E-state index contributed by atoms with van der Waals surface area (Å²) in [5.41, 5.74) is 1.21. The molecule has 0 radical (unpaired) electrons. The van der Waals surface area contributed by atoms with E-state index in [2.05, 4.69) is 0 Å². The van der Waals surface area contributed by atoms with Crippen molar-refractivity contribution in [3.8, 4) is 29.1 Å². The molecule has 3 aromatic rings. The fourth-order valence-corrected chi connectivity index (χ4v) is 4.35. The van der Waals surface area contributed by atoms with Crippen molar-refractivity contribution in [1.82, 2.24) is 0 Å². The molecule has 4 rings (SSSR count). The first kappa shape index (κ1) is 25.1. The van der Waals surface area contributed by atoms with Gasteiger partial charge >= 0.3 is 0 Å². The van der Waals surface area contributed by atoms with E-state index >= 15 is 0 Å². The molecule has 9 heteroatoms. The monoisotopic (exact) mass is 500 g/mol. The average molecular weight is 501 g/mol. The van der Waals surface area contributed by atoms with Gasteiger partial charge in [-0.25, -0.2) is 0 Å². The molecule has 1 unspecified atom stereocenters. The summed E-state index contributed by atoms with van der Waals surface area (Å²) in [4.78, 5) is 28.2. The van der Waals surface area contributed by atoms with Crippen molar-refractivity contribution in [2.24, 2.45) is 0 Å². The molecule has 37 heavy (non-hydrogen) atoms. The zero-order valence-corrected chi connectivity index (χ0v) is 20.6. The lowest BCUT2D eigenvalue weighted by Crippen LogP contribution is -2.29. The molecule has 1 saturated heterocycles. The second kappa shape index (κ2) is 10.3. The van der Waals surface area contributed by atoms with Crippen molar-refractivity contribution in [3.63, 3.8) is 0 Å². The molecule has 1 aliphatic heterocycles. The lowest BCUT2D eigenvalue weighted by atomic mass is 9.94. The lowest BCUT2D eigenvalue weighted by molar-refractivity contribution is -0.132. The summed E-state index contributed by atoms with van der Waals surface area (Å²) in [7, 11) is 5.81. The van der Waals surface area contributed by atoms with Crippen LogP contribution < -0.4 is 23.8 Å². The molecule has 0 bridgehead atoms. The van der Waals surface area contributed by atoms with Crippen LogP contribution in [0, 0.1) is 11.3 Å². The SMILES string of the molecule is COc1ccc(C2/C(=C(\O)c3c(OC)cccc3OC)C(=O)C(=O)N2c2ccc(C#N)cc2)cc1OC. The van der Waals surface area contributed by atoms with E-state index in [0.717, 1.165) is 0 Å². The number of amides is 1. The molecule has 1 atom stereocenters. The number of nitriles is 1. The zero-order valence-electron chi connectivity index (χ0n) is 20.6. The van der Waals surface area contributed by atoms with Crippen LogP contribution in [0.3, 0.4) is 0 Å². The van der Waals surface area contributed by atoms with E-state index in [9.17, 15) is 20.0 Å². The normalized spacial score (nSPS) is 16.3. The molecule has 9 nitrogen and oxygen atoms in total. The van der Waals surface area contributed by atoms with Gasteiger partial charge in [-0.2, -0.15) is 5.26 Å². The molecule has 0 spiro atoms. The second-order valence-electron chi connectivity index (χ2n) is 7.98. The topological polar surface area (TPSA) is 118 Å². The smallest absolute Gasteiger partial charge is 0.300 e. The van der Waals surface area contributed by atoms with Gasteiger partial charge in [0.2, 0.25) is 0 Å². The van der Waals surface area contributed by atoms with Crippen molar-refractivity contribution in [2.45, 2.75) is 6.04 Å². The molecule has 1 heterocycles. The van der Waals surface area contributed by atoms with Crippen LogP contribution in [0.15, 0.2) is 66.2 Å². The summed E-state index contributed by atoms with van der Waals surface area (Å²) in [6.45, 7) is 0. The number of aliphatic hydroxyl groups excluding tert-OH is 1. The number of hydrogen-bond donors (Lipinski definition) is 1. The minimum atomic E-state index is -1.04. The minimum absolute atomic E-state index is 0.135. The Morgan fingerprint density at radius 3 is 1.97 bits per heavy atom. The number of Topliss-reactive ketones (excluding diaryl/α,β-unsaturated/α-hetero) is 1. The van der Waals surface area contributed by atoms with Crippen LogP contribution >= 0.6 is 0 Å². The number of nitrogens with zero attached hydrogens (tertiary/aromatic N) is 2. The predicted octanol–water partition coefficient (Wildman–Crippen LogP) is 4.22. The van der Waals surface area contributed by atoms with Crippen LogP contribution in [0.5, 0.6) is 23.0 Å². The molecule has 0 aliphatic carbocycles. The van der Waals surface area contributed by atoms with Gasteiger partial charge in [-0.15, -0.1) is 0 Å². The van der Waals surface area contributed by atoms with Crippen LogP contribution in [0.4, 0.5) is 5.69 Å². The summed E-state index contributed by atoms with van der Waals surface area (Å²) in [6.07, 6.45) is 0. The third-order valence-electron chi connectivity index (χ3n) is 6.11. The van der Waals surface area contributed by atoms with E-state index in [1.807, 2.05) is 6.07 Å². The lowest BCUT2D eigenvalue weighted by Gasteiger charge is -2.26. The van der Waals surface area contributed by atoms with Gasteiger partial charge in [0.05, 0.1) is 51.7 Å². The van der Waals surface area contributed by atoms with Gasteiger partial charge in [0.1, 0.15) is 22.8 Å². The number of aliphatic hydroxyl groups is 1. The Morgan fingerprint density at radius 1 is 0.838 bits per heavy atom. The molecule has 0 saturated carbocycles. The Balaban J connectivity index is 2.02. The average Bonchev–Trinajstić information content (AvgIpc) is 3.21. The highest BCUT2D eigenvalue weighted by atomic mass is 16.5. The highest BCUT2D eigenvalue weighted by Crippen LogP contribution is 2.46. The van der Waals surface area contributed by atoms with Crippen molar-refractivity contribution in [3.05, 3.63) is 82.9 Å². The van der Waals surface area contributed by atoms with E-state index in [0.29, 0.717) is 28.3 Å². The molecule has 1 N–H and O–H groups in total. The van der Waals surface area contributed by atoms with Crippen LogP contribution in [0.2, 0.25) is 0 Å². The predicted molar refractivity (Wildman–Crippen MR) is 135 cm³/mol. The van der Waals surface area contributed by atoms with Gasteiger partial charge in [0, 0.05) is 5.69 Å². The Kier molecular flexibility index (Phi) is 7.02. The Bertz CT molecular complexity index is 1420. The van der Waals surface area contributed by atoms with Crippen molar-refractivity contribution in [1.29, 1.82) is 5.26 Å². The van der Waals surface area contributed by atoms with Crippen molar-refractivity contribution < 1.29 is 33.6 Å². The quantitative estimate of drug-likeness (QED) is 0.291. The fraction of sp³-hybridized carbons (Fsp3) is 0.179. The van der Waals surface area contributed by atoms with E-state index in [1.54, 1.807) is 60.7 Å². The van der Waals surface area contributed by atoms with Crippen LogP contribution in [-0.2, 0) is 9.59 Å². The highest BCUT2D eigenvalue weighted by Gasteiger charge is 2.47. The van der Waals surface area contributed by atoms with Gasteiger partial charge in [-0.1, -0.05) is 12.1 Å². The minimum Gasteiger partial charge on any atom is -0.506 e. The molecule has 1 amide bonds. The molecular formula is C28H24N2O7. The molecule has 3 aromatic carbocycles. The molecule has 1 aliphatic rings. The maximum atomic E-state index is 13.5. The summed E-state index contributed by atoms with van der Waals surface area (Å²) in [5.74, 6) is -0.855. The van der Waals surface area contributed by atoms with Crippen LogP contribution in [0.1, 0.15) is 22.7 Å². The van der Waals surface area contributed by atoms with Crippen molar-refractivity contribution >= 4 is 23.1 Å². The molecular weight excluding hydrogens is 476 g/mol. The maximum absolute atomic E-state index is 13.5. The van der Waals surface area contributed by atoms with Gasteiger partial charge in [-0.3, -0.25) is 14.5 Å². The number of anilines is 1. The van der Waals surface area contributed by atoms with E-state index in [-0.39, 0.29) is 22.6 Å². The van der Waals surface area contributed by atoms with Gasteiger partial charge in [0.15, 0.2) is 11.5 Å². The summed E-state index contributed by atoms with van der Waals surface area (Å²) in [5, 5.41) is 20.7. The third-order valence-corrected chi connectivity index (χ3v) is 6.11. The first-order valence-electron chi connectivity index (χ1n) is 11.1. The number of rotatable bonds is 7. The molecule has 0 aromatic heterocycles. The van der Waals surface area contributed by atoms with Crippen LogP contribution in [-0.4, -0.2) is 45.2 Å². The van der Waals surface area contributed by atoms with E-state index in [4.69, 9.17) is 18.9 Å². The summed E-state index contributed by atoms with van der Waals surface area (Å²) in [6, 6.07) is 17.1. The Labute approximate surface area is 213 Å². The van der Waals surface area contributed by atoms with Gasteiger partial charge < -0.3 is 24.1 Å². The number of ketones is 1. The first-order valence-corrected chi connectivity index (χ1v) is 11.1. The van der Waals surface area contributed by atoms with E-state index < -0.39 is 23.5 Å². The van der Waals surface area contributed by atoms with Crippen molar-refractivity contribution in [2.75, 3.05) is 33.3 Å². The number of carbonyl (C=O) groups excluding carboxylic acids is 2.